The number of esters is 1. The van der Waals surface area contributed by atoms with Crippen molar-refractivity contribution in [2.24, 2.45) is 5.10 Å². The van der Waals surface area contributed by atoms with Crippen LogP contribution in [0.5, 0.6) is 5.75 Å². The third-order valence-corrected chi connectivity index (χ3v) is 4.16. The second kappa shape index (κ2) is 9.74. The first kappa shape index (κ1) is 22.5. The van der Waals surface area contributed by atoms with Crippen molar-refractivity contribution in [3.05, 3.63) is 108 Å². The average molecular weight is 451 g/mol. The first-order chi connectivity index (χ1) is 15.7. The van der Waals surface area contributed by atoms with Gasteiger partial charge in [-0.15, -0.1) is 0 Å². The van der Waals surface area contributed by atoms with Crippen LogP contribution in [0.4, 0.5) is 22.7 Å². The maximum Gasteiger partial charge on any atom is 0.344 e. The number of hydrogen-bond donors (Lipinski definition) is 1. The highest BCUT2D eigenvalue weighted by Gasteiger charge is 2.21. The molecular formula is C20H13N5O8. The van der Waals surface area contributed by atoms with E-state index in [4.69, 9.17) is 4.74 Å². The van der Waals surface area contributed by atoms with Crippen molar-refractivity contribution in [3.63, 3.8) is 0 Å². The number of nitrogens with zero attached hydrogens (tertiary/aromatic N) is 4. The number of non-ortho nitro benzene ring substituents is 3. The predicted octanol–water partition coefficient (Wildman–Crippen LogP) is 4.08. The lowest BCUT2D eigenvalue weighted by molar-refractivity contribution is -0.394. The molecule has 0 spiro atoms. The third kappa shape index (κ3) is 5.69. The molecule has 0 fully saturated rings. The van der Waals surface area contributed by atoms with Gasteiger partial charge >= 0.3 is 5.97 Å². The van der Waals surface area contributed by atoms with Gasteiger partial charge in [0, 0.05) is 29.8 Å². The van der Waals surface area contributed by atoms with Crippen LogP contribution < -0.4 is 10.2 Å². The Morgan fingerprint density at radius 3 is 1.97 bits per heavy atom. The van der Waals surface area contributed by atoms with Gasteiger partial charge in [-0.1, -0.05) is 12.1 Å². The van der Waals surface area contributed by atoms with Crippen LogP contribution in [-0.4, -0.2) is 27.0 Å². The third-order valence-electron chi connectivity index (χ3n) is 4.16. The number of carbonyl (C=O) groups excluding carboxylic acids is 1. The molecule has 3 aromatic rings. The van der Waals surface area contributed by atoms with Crippen LogP contribution in [0.3, 0.4) is 0 Å². The number of anilines is 1. The minimum Gasteiger partial charge on any atom is -0.422 e. The summed E-state index contributed by atoms with van der Waals surface area (Å²) >= 11 is 0. The number of rotatable bonds is 8. The maximum atomic E-state index is 12.5. The largest absolute Gasteiger partial charge is 0.422 e. The molecule has 1 N–H and O–H groups in total. The summed E-state index contributed by atoms with van der Waals surface area (Å²) in [5.74, 6) is -0.989. The van der Waals surface area contributed by atoms with Crippen LogP contribution in [-0.2, 0) is 0 Å². The molecule has 0 amide bonds. The standard InChI is InChI=1S/C20H13N5O8/c26-20(14-9-17(24(29)30)11-18(10-14)25(31)32)33-19-4-2-1-3-13(19)12-21-22-15-5-7-16(8-6-15)23(27)28/h1-12,22H/b21-12-. The quantitative estimate of drug-likeness (QED) is 0.173. The van der Waals surface area contributed by atoms with E-state index in [-0.39, 0.29) is 17.0 Å². The van der Waals surface area contributed by atoms with E-state index < -0.39 is 32.1 Å². The summed E-state index contributed by atoms with van der Waals surface area (Å²) in [6, 6.07) is 14.2. The number of hydrazone groups is 1. The fourth-order valence-corrected chi connectivity index (χ4v) is 2.60. The fraction of sp³-hybridized carbons (Fsp3) is 0. The average Bonchev–Trinajstić information content (AvgIpc) is 2.80. The molecule has 13 nitrogen and oxygen atoms in total. The number of hydrogen-bond acceptors (Lipinski definition) is 10. The molecule has 0 bridgehead atoms. The number of benzene rings is 3. The second-order valence-electron chi connectivity index (χ2n) is 6.35. The van der Waals surface area contributed by atoms with Crippen molar-refractivity contribution in [1.82, 2.24) is 0 Å². The molecular weight excluding hydrogens is 438 g/mol. The van der Waals surface area contributed by atoms with Gasteiger partial charge in [-0.2, -0.15) is 5.10 Å². The highest BCUT2D eigenvalue weighted by Crippen LogP contribution is 2.25. The van der Waals surface area contributed by atoms with Gasteiger partial charge in [0.15, 0.2) is 0 Å². The van der Waals surface area contributed by atoms with Crippen LogP contribution in [0.15, 0.2) is 71.8 Å². The van der Waals surface area contributed by atoms with Crippen molar-refractivity contribution < 1.29 is 24.3 Å². The monoisotopic (exact) mass is 451 g/mol. The minimum absolute atomic E-state index is 0.0471. The molecule has 0 aliphatic heterocycles. The number of nitrogens with one attached hydrogen (secondary N) is 1. The zero-order valence-electron chi connectivity index (χ0n) is 16.5. The molecule has 0 aliphatic carbocycles. The molecule has 0 atom stereocenters. The van der Waals surface area contributed by atoms with E-state index in [1.165, 1.54) is 36.5 Å². The molecule has 33 heavy (non-hydrogen) atoms. The van der Waals surface area contributed by atoms with Gasteiger partial charge in [0.05, 0.1) is 38.3 Å². The van der Waals surface area contributed by atoms with E-state index >= 15 is 0 Å². The number of nitro benzene ring substituents is 3. The molecule has 13 heteroatoms. The molecule has 0 aromatic heterocycles. The van der Waals surface area contributed by atoms with Crippen molar-refractivity contribution in [3.8, 4) is 5.75 Å². The lowest BCUT2D eigenvalue weighted by Gasteiger charge is -2.07. The molecule has 0 unspecified atom stereocenters. The summed E-state index contributed by atoms with van der Waals surface area (Å²) in [6.07, 6.45) is 1.32. The van der Waals surface area contributed by atoms with E-state index in [0.29, 0.717) is 11.3 Å². The lowest BCUT2D eigenvalue weighted by atomic mass is 10.1. The fourth-order valence-electron chi connectivity index (χ4n) is 2.60. The summed E-state index contributed by atoms with van der Waals surface area (Å²) in [7, 11) is 0. The highest BCUT2D eigenvalue weighted by molar-refractivity contribution is 5.94. The number of ether oxygens (including phenoxy) is 1. The predicted molar refractivity (Wildman–Crippen MR) is 115 cm³/mol. The first-order valence-corrected chi connectivity index (χ1v) is 9.03. The van der Waals surface area contributed by atoms with Gasteiger partial charge in [-0.05, 0) is 24.3 Å². The molecule has 0 radical (unpaired) electrons. The van der Waals surface area contributed by atoms with Crippen LogP contribution in [0.1, 0.15) is 15.9 Å². The van der Waals surface area contributed by atoms with Crippen molar-refractivity contribution >= 4 is 34.9 Å². The van der Waals surface area contributed by atoms with Crippen LogP contribution in [0, 0.1) is 30.3 Å². The number of para-hydroxylation sites is 1. The summed E-state index contributed by atoms with van der Waals surface area (Å²) in [5, 5.41) is 36.7. The summed E-state index contributed by atoms with van der Waals surface area (Å²) in [5.41, 5.74) is 1.78. The SMILES string of the molecule is O=C(Oc1ccccc1/C=N\Nc1ccc([N+](=O)[O-])cc1)c1cc([N+](=O)[O-])cc([N+](=O)[O-])c1. The number of carbonyl (C=O) groups is 1. The summed E-state index contributed by atoms with van der Waals surface area (Å²) in [6.45, 7) is 0. The van der Waals surface area contributed by atoms with Crippen LogP contribution in [0.25, 0.3) is 0 Å². The molecule has 0 saturated heterocycles. The van der Waals surface area contributed by atoms with E-state index in [1.54, 1.807) is 18.2 Å². The van der Waals surface area contributed by atoms with E-state index in [2.05, 4.69) is 10.5 Å². The molecule has 3 rings (SSSR count). The Kier molecular flexibility index (Phi) is 6.64. The van der Waals surface area contributed by atoms with E-state index in [0.717, 1.165) is 18.2 Å². The van der Waals surface area contributed by atoms with Gasteiger partial charge < -0.3 is 4.74 Å². The highest BCUT2D eigenvalue weighted by atomic mass is 16.6. The minimum atomic E-state index is -1.04. The Balaban J connectivity index is 1.78. The Labute approximate surface area is 184 Å². The van der Waals surface area contributed by atoms with E-state index in [1.807, 2.05) is 0 Å². The van der Waals surface area contributed by atoms with Crippen LogP contribution >= 0.6 is 0 Å². The second-order valence-corrected chi connectivity index (χ2v) is 6.35. The van der Waals surface area contributed by atoms with Gasteiger partial charge in [0.25, 0.3) is 17.1 Å². The van der Waals surface area contributed by atoms with Crippen molar-refractivity contribution in [2.45, 2.75) is 0 Å². The van der Waals surface area contributed by atoms with E-state index in [9.17, 15) is 35.1 Å². The van der Waals surface area contributed by atoms with Gasteiger partial charge in [-0.25, -0.2) is 4.79 Å². The van der Waals surface area contributed by atoms with Crippen molar-refractivity contribution in [1.29, 1.82) is 0 Å². The lowest BCUT2D eigenvalue weighted by Crippen LogP contribution is -2.11. The Bertz CT molecular complexity index is 1240. The topological polar surface area (TPSA) is 180 Å². The Morgan fingerprint density at radius 1 is 0.818 bits per heavy atom. The maximum absolute atomic E-state index is 12.5. The van der Waals surface area contributed by atoms with Gasteiger partial charge in [-0.3, -0.25) is 35.8 Å². The summed E-state index contributed by atoms with van der Waals surface area (Å²) in [4.78, 5) is 43.0. The Morgan fingerprint density at radius 2 is 1.39 bits per heavy atom. The first-order valence-electron chi connectivity index (χ1n) is 9.03. The molecule has 0 saturated carbocycles. The van der Waals surface area contributed by atoms with Gasteiger partial charge in [0.2, 0.25) is 0 Å². The molecule has 3 aromatic carbocycles. The zero-order valence-corrected chi connectivity index (χ0v) is 16.5. The summed E-state index contributed by atoms with van der Waals surface area (Å²) < 4.78 is 5.27. The van der Waals surface area contributed by atoms with Crippen LogP contribution in [0.2, 0.25) is 0 Å². The van der Waals surface area contributed by atoms with Crippen molar-refractivity contribution in [2.75, 3.05) is 5.43 Å². The number of nitro groups is 3. The molecule has 0 heterocycles. The Hall–Kier alpha value is -5.20. The molecule has 166 valence electrons. The van der Waals surface area contributed by atoms with Gasteiger partial charge in [0.1, 0.15) is 5.75 Å². The zero-order chi connectivity index (χ0) is 24.0. The molecule has 0 aliphatic rings. The normalized spacial score (nSPS) is 10.5. The smallest absolute Gasteiger partial charge is 0.344 e.